The predicted octanol–water partition coefficient (Wildman–Crippen LogP) is 1.34. The van der Waals surface area contributed by atoms with Gasteiger partial charge in [-0.25, -0.2) is 0 Å². The number of hydrogen-bond acceptors (Lipinski definition) is 4. The Morgan fingerprint density at radius 3 is 3.00 bits per heavy atom. The minimum absolute atomic E-state index is 0.151. The number of piperidine rings is 1. The first-order valence-electron chi connectivity index (χ1n) is 6.84. The number of nitrogens with one attached hydrogen (secondary N) is 1. The van der Waals surface area contributed by atoms with E-state index in [-0.39, 0.29) is 18.1 Å². The second kappa shape index (κ2) is 6.51. The van der Waals surface area contributed by atoms with Crippen molar-refractivity contribution in [1.29, 1.82) is 5.26 Å². The number of carbonyl (C=O) groups excluding carboxylic acids is 1. The van der Waals surface area contributed by atoms with Gasteiger partial charge in [0.05, 0.1) is 23.4 Å². The molecule has 1 aromatic carbocycles. The summed E-state index contributed by atoms with van der Waals surface area (Å²) in [4.78, 5) is 14.2. The molecule has 0 aromatic heterocycles. The molecule has 0 saturated carbocycles. The molecule has 1 heterocycles. The van der Waals surface area contributed by atoms with Crippen molar-refractivity contribution in [3.8, 4) is 6.07 Å². The molecule has 2 rings (SSSR count). The molecule has 1 aromatic rings. The Morgan fingerprint density at radius 1 is 1.55 bits per heavy atom. The first-order valence-corrected chi connectivity index (χ1v) is 6.84. The van der Waals surface area contributed by atoms with Gasteiger partial charge in [-0.15, -0.1) is 0 Å². The monoisotopic (exact) mass is 273 g/mol. The summed E-state index contributed by atoms with van der Waals surface area (Å²) in [6.07, 6.45) is 1.33. The van der Waals surface area contributed by atoms with Crippen LogP contribution in [0.15, 0.2) is 24.3 Å². The number of rotatable bonds is 3. The Morgan fingerprint density at radius 2 is 2.30 bits per heavy atom. The highest BCUT2D eigenvalue weighted by Gasteiger charge is 2.26. The van der Waals surface area contributed by atoms with Gasteiger partial charge in [0.15, 0.2) is 0 Å². The van der Waals surface area contributed by atoms with E-state index in [1.807, 2.05) is 11.8 Å². The molecule has 2 N–H and O–H groups in total. The quantitative estimate of drug-likeness (QED) is 0.871. The van der Waals surface area contributed by atoms with Crippen molar-refractivity contribution in [2.45, 2.75) is 31.9 Å². The van der Waals surface area contributed by atoms with Gasteiger partial charge >= 0.3 is 0 Å². The average molecular weight is 273 g/mol. The number of benzene rings is 1. The van der Waals surface area contributed by atoms with Gasteiger partial charge in [0.1, 0.15) is 6.07 Å². The lowest BCUT2D eigenvalue weighted by atomic mass is 10.1. The van der Waals surface area contributed by atoms with Crippen molar-refractivity contribution in [3.63, 3.8) is 0 Å². The molecule has 0 spiro atoms. The van der Waals surface area contributed by atoms with E-state index in [9.17, 15) is 9.90 Å². The van der Waals surface area contributed by atoms with Gasteiger partial charge in [-0.05, 0) is 38.4 Å². The number of anilines is 1. The molecule has 1 saturated heterocycles. The van der Waals surface area contributed by atoms with Crippen molar-refractivity contribution < 1.29 is 9.90 Å². The molecule has 1 aliphatic rings. The molecule has 0 bridgehead atoms. The molecule has 20 heavy (non-hydrogen) atoms. The first-order chi connectivity index (χ1) is 9.61. The van der Waals surface area contributed by atoms with E-state index in [2.05, 4.69) is 11.4 Å². The molecule has 5 nitrogen and oxygen atoms in total. The number of likely N-dealkylation sites (tertiary alicyclic amines) is 1. The van der Waals surface area contributed by atoms with Crippen LogP contribution in [-0.2, 0) is 4.79 Å². The van der Waals surface area contributed by atoms with Crippen molar-refractivity contribution >= 4 is 11.6 Å². The van der Waals surface area contributed by atoms with E-state index >= 15 is 0 Å². The standard InChI is InChI=1S/C15H19N3O2/c1-11(18-8-4-6-13(19)10-18)15(20)17-14-7-3-2-5-12(14)9-16/h2-3,5,7,11,13,19H,4,6,8,10H2,1H3,(H,17,20). The minimum atomic E-state index is -0.356. The van der Waals surface area contributed by atoms with E-state index < -0.39 is 0 Å². The molecule has 1 fully saturated rings. The van der Waals surface area contributed by atoms with E-state index in [0.29, 0.717) is 17.8 Å². The zero-order valence-electron chi connectivity index (χ0n) is 11.5. The largest absolute Gasteiger partial charge is 0.392 e. The predicted molar refractivity (Wildman–Crippen MR) is 76.1 cm³/mol. The van der Waals surface area contributed by atoms with Crippen molar-refractivity contribution in [2.24, 2.45) is 0 Å². The van der Waals surface area contributed by atoms with Gasteiger partial charge in [-0.3, -0.25) is 9.69 Å². The first kappa shape index (κ1) is 14.5. The fourth-order valence-corrected chi connectivity index (χ4v) is 2.43. The highest BCUT2D eigenvalue weighted by Crippen LogP contribution is 2.17. The van der Waals surface area contributed by atoms with Crippen LogP contribution in [-0.4, -0.2) is 41.1 Å². The minimum Gasteiger partial charge on any atom is -0.392 e. The maximum absolute atomic E-state index is 12.2. The molecule has 1 amide bonds. The summed E-state index contributed by atoms with van der Waals surface area (Å²) >= 11 is 0. The molecule has 5 heteroatoms. The molecule has 0 aliphatic carbocycles. The lowest BCUT2D eigenvalue weighted by molar-refractivity contribution is -0.121. The van der Waals surface area contributed by atoms with Crippen LogP contribution < -0.4 is 5.32 Å². The normalized spacial score (nSPS) is 20.9. The Bertz CT molecular complexity index is 524. The van der Waals surface area contributed by atoms with Crippen LogP contribution in [0.25, 0.3) is 0 Å². The third kappa shape index (κ3) is 3.35. The fourth-order valence-electron chi connectivity index (χ4n) is 2.43. The van der Waals surface area contributed by atoms with Crippen molar-refractivity contribution in [3.05, 3.63) is 29.8 Å². The van der Waals surface area contributed by atoms with Crippen LogP contribution in [0.2, 0.25) is 0 Å². The molecular weight excluding hydrogens is 254 g/mol. The summed E-state index contributed by atoms with van der Waals surface area (Å²) in [5.74, 6) is -0.151. The van der Waals surface area contributed by atoms with Gasteiger partial charge in [-0.1, -0.05) is 12.1 Å². The second-order valence-electron chi connectivity index (χ2n) is 5.11. The summed E-state index contributed by atoms with van der Waals surface area (Å²) in [6, 6.07) is 8.67. The molecule has 1 aliphatic heterocycles. The number of amides is 1. The molecule has 0 radical (unpaired) electrons. The van der Waals surface area contributed by atoms with Gasteiger partial charge in [0.2, 0.25) is 5.91 Å². The summed E-state index contributed by atoms with van der Waals surface area (Å²) < 4.78 is 0. The molecule has 2 atom stereocenters. The highest BCUT2D eigenvalue weighted by molar-refractivity contribution is 5.95. The third-order valence-corrected chi connectivity index (χ3v) is 3.66. The van der Waals surface area contributed by atoms with Crippen LogP contribution in [0.5, 0.6) is 0 Å². The number of hydrogen-bond donors (Lipinski definition) is 2. The van der Waals surface area contributed by atoms with Gasteiger partial charge in [0.25, 0.3) is 0 Å². The number of β-amino-alcohol motifs (C(OH)–C–C–N with tert-alkyl or cyclic N) is 1. The van der Waals surface area contributed by atoms with Gasteiger partial charge in [0, 0.05) is 6.54 Å². The van der Waals surface area contributed by atoms with Crippen molar-refractivity contribution in [1.82, 2.24) is 4.90 Å². The van der Waals surface area contributed by atoms with E-state index in [1.54, 1.807) is 24.3 Å². The molecular formula is C15H19N3O2. The maximum Gasteiger partial charge on any atom is 0.241 e. The highest BCUT2D eigenvalue weighted by atomic mass is 16.3. The van der Waals surface area contributed by atoms with E-state index in [4.69, 9.17) is 5.26 Å². The summed E-state index contributed by atoms with van der Waals surface area (Å²) in [5, 5.41) is 21.5. The lowest BCUT2D eigenvalue weighted by Gasteiger charge is -2.34. The van der Waals surface area contributed by atoms with Crippen LogP contribution in [0.3, 0.4) is 0 Å². The zero-order valence-corrected chi connectivity index (χ0v) is 11.5. The van der Waals surface area contributed by atoms with Crippen LogP contribution in [0.1, 0.15) is 25.3 Å². The van der Waals surface area contributed by atoms with E-state index in [0.717, 1.165) is 19.4 Å². The number of aliphatic hydroxyl groups is 1. The second-order valence-corrected chi connectivity index (χ2v) is 5.11. The summed E-state index contributed by atoms with van der Waals surface area (Å²) in [7, 11) is 0. The number of aliphatic hydroxyl groups excluding tert-OH is 1. The van der Waals surface area contributed by atoms with E-state index in [1.165, 1.54) is 0 Å². The number of para-hydroxylation sites is 1. The maximum atomic E-state index is 12.2. The Hall–Kier alpha value is -1.90. The molecule has 106 valence electrons. The lowest BCUT2D eigenvalue weighted by Crippen LogP contribution is -2.48. The smallest absolute Gasteiger partial charge is 0.241 e. The van der Waals surface area contributed by atoms with Crippen molar-refractivity contribution in [2.75, 3.05) is 18.4 Å². The Labute approximate surface area is 118 Å². The number of nitriles is 1. The number of carbonyl (C=O) groups is 1. The summed E-state index contributed by atoms with van der Waals surface area (Å²) in [5.41, 5.74) is 0.983. The topological polar surface area (TPSA) is 76.4 Å². The zero-order chi connectivity index (χ0) is 14.5. The van der Waals surface area contributed by atoms with Gasteiger partial charge in [-0.2, -0.15) is 5.26 Å². The number of nitrogens with zero attached hydrogens (tertiary/aromatic N) is 2. The van der Waals surface area contributed by atoms with Crippen LogP contribution in [0.4, 0.5) is 5.69 Å². The fraction of sp³-hybridized carbons (Fsp3) is 0.467. The average Bonchev–Trinajstić information content (AvgIpc) is 2.47. The van der Waals surface area contributed by atoms with Crippen LogP contribution in [0, 0.1) is 11.3 Å². The van der Waals surface area contributed by atoms with Gasteiger partial charge < -0.3 is 10.4 Å². The molecule has 2 unspecified atom stereocenters. The van der Waals surface area contributed by atoms with Crippen LogP contribution >= 0.6 is 0 Å². The Balaban J connectivity index is 2.02. The Kier molecular flexibility index (Phi) is 4.72. The third-order valence-electron chi connectivity index (χ3n) is 3.66. The summed E-state index contributed by atoms with van der Waals surface area (Å²) in [6.45, 7) is 3.16. The SMILES string of the molecule is CC(C(=O)Nc1ccccc1C#N)N1CCCC(O)C1.